The molecule has 0 amide bonds. The van der Waals surface area contributed by atoms with Crippen LogP contribution in [0.2, 0.25) is 0 Å². The first-order chi connectivity index (χ1) is 9.70. The number of hydrogen-bond donors (Lipinski definition) is 2. The van der Waals surface area contributed by atoms with Gasteiger partial charge in [-0.2, -0.15) is 0 Å². The van der Waals surface area contributed by atoms with E-state index in [2.05, 4.69) is 20.7 Å². The van der Waals surface area contributed by atoms with Crippen molar-refractivity contribution in [3.8, 4) is 0 Å². The molecule has 2 rings (SSSR count). The average molecular weight is 369 g/mol. The molecule has 0 saturated carbocycles. The fourth-order valence-corrected chi connectivity index (χ4v) is 4.32. The first kappa shape index (κ1) is 15.9. The fraction of sp³-hybridized carbons (Fsp3) is 0.200. The minimum absolute atomic E-state index is 0.259. The second-order valence-electron chi connectivity index (χ2n) is 5.09. The van der Waals surface area contributed by atoms with Gasteiger partial charge >= 0.3 is 0 Å². The van der Waals surface area contributed by atoms with Crippen LogP contribution in [0.15, 0.2) is 39.7 Å². The van der Waals surface area contributed by atoms with Crippen molar-refractivity contribution >= 4 is 37.3 Å². The topological polar surface area (TPSA) is 72.2 Å². The molecule has 0 saturated heterocycles. The third kappa shape index (κ3) is 3.39. The lowest BCUT2D eigenvalue weighted by atomic mass is 10.2. The van der Waals surface area contributed by atoms with E-state index in [1.807, 2.05) is 26.0 Å². The lowest BCUT2D eigenvalue weighted by molar-refractivity contribution is 0.600. The van der Waals surface area contributed by atoms with Crippen LogP contribution in [-0.4, -0.2) is 8.42 Å². The zero-order valence-corrected chi connectivity index (χ0v) is 14.5. The molecule has 4 nitrogen and oxygen atoms in total. The maximum absolute atomic E-state index is 12.6. The largest absolute Gasteiger partial charge is 0.397 e. The summed E-state index contributed by atoms with van der Waals surface area (Å²) < 4.78 is 28.3. The minimum atomic E-state index is -3.68. The van der Waals surface area contributed by atoms with Crippen LogP contribution in [0.25, 0.3) is 0 Å². The lowest BCUT2D eigenvalue weighted by Crippen LogP contribution is -2.16. The second kappa shape index (κ2) is 5.69. The molecule has 112 valence electrons. The number of halogens is 1. The van der Waals surface area contributed by atoms with E-state index < -0.39 is 10.0 Å². The Morgan fingerprint density at radius 1 is 1.05 bits per heavy atom. The summed E-state index contributed by atoms with van der Waals surface area (Å²) in [4.78, 5) is 0.259. The Balaban J connectivity index is 2.50. The molecule has 2 aromatic rings. The van der Waals surface area contributed by atoms with Crippen molar-refractivity contribution in [1.82, 2.24) is 0 Å². The molecule has 6 heteroatoms. The molecule has 0 aromatic heterocycles. The Morgan fingerprint density at radius 3 is 2.33 bits per heavy atom. The Bertz CT molecular complexity index is 778. The maximum atomic E-state index is 12.6. The third-order valence-electron chi connectivity index (χ3n) is 3.13. The monoisotopic (exact) mass is 368 g/mol. The van der Waals surface area contributed by atoms with Crippen LogP contribution < -0.4 is 10.5 Å². The Morgan fingerprint density at radius 2 is 1.71 bits per heavy atom. The van der Waals surface area contributed by atoms with Gasteiger partial charge in [-0.1, -0.05) is 12.1 Å². The molecule has 0 radical (unpaired) electrons. The maximum Gasteiger partial charge on any atom is 0.262 e. The van der Waals surface area contributed by atoms with Gasteiger partial charge in [0.2, 0.25) is 0 Å². The molecule has 2 aromatic carbocycles. The normalized spacial score (nSPS) is 11.4. The SMILES string of the molecule is Cc1cc(N)c(NS(=O)(=O)c2cc(C)ccc2C)c(Br)c1. The van der Waals surface area contributed by atoms with Crippen molar-refractivity contribution < 1.29 is 8.42 Å². The quantitative estimate of drug-likeness (QED) is 0.810. The predicted octanol–water partition coefficient (Wildman–Crippen LogP) is 3.76. The molecule has 0 atom stereocenters. The first-order valence-electron chi connectivity index (χ1n) is 6.36. The number of sulfonamides is 1. The summed E-state index contributed by atoms with van der Waals surface area (Å²) in [5, 5.41) is 0. The summed E-state index contributed by atoms with van der Waals surface area (Å²) in [6.45, 7) is 5.51. The van der Waals surface area contributed by atoms with E-state index in [0.29, 0.717) is 21.4 Å². The van der Waals surface area contributed by atoms with E-state index in [9.17, 15) is 8.42 Å². The zero-order valence-electron chi connectivity index (χ0n) is 12.1. The van der Waals surface area contributed by atoms with Gasteiger partial charge in [-0.05, 0) is 71.6 Å². The number of anilines is 2. The van der Waals surface area contributed by atoms with Gasteiger partial charge in [0.1, 0.15) is 0 Å². The summed E-state index contributed by atoms with van der Waals surface area (Å²) >= 11 is 3.35. The zero-order chi connectivity index (χ0) is 15.8. The molecule has 0 aliphatic carbocycles. The van der Waals surface area contributed by atoms with Gasteiger partial charge in [0.15, 0.2) is 0 Å². The van der Waals surface area contributed by atoms with Gasteiger partial charge in [0.05, 0.1) is 16.3 Å². The number of benzene rings is 2. The molecule has 0 aliphatic rings. The van der Waals surface area contributed by atoms with Crippen LogP contribution in [0, 0.1) is 20.8 Å². The minimum Gasteiger partial charge on any atom is -0.397 e. The highest BCUT2D eigenvalue weighted by molar-refractivity contribution is 9.10. The van der Waals surface area contributed by atoms with E-state index in [0.717, 1.165) is 11.1 Å². The highest BCUT2D eigenvalue weighted by Crippen LogP contribution is 2.32. The molecular formula is C15H17BrN2O2S. The van der Waals surface area contributed by atoms with Gasteiger partial charge in [0.25, 0.3) is 10.0 Å². The molecule has 0 bridgehead atoms. The van der Waals surface area contributed by atoms with Crippen molar-refractivity contribution in [1.29, 1.82) is 0 Å². The number of rotatable bonds is 3. The van der Waals surface area contributed by atoms with E-state index >= 15 is 0 Å². The molecule has 0 fully saturated rings. The number of nitrogens with two attached hydrogens (primary N) is 1. The van der Waals surface area contributed by atoms with E-state index in [1.165, 1.54) is 0 Å². The van der Waals surface area contributed by atoms with Gasteiger partial charge in [-0.3, -0.25) is 4.72 Å². The summed E-state index contributed by atoms with van der Waals surface area (Å²) in [6.07, 6.45) is 0. The molecule has 3 N–H and O–H groups in total. The number of nitrogens with one attached hydrogen (secondary N) is 1. The smallest absolute Gasteiger partial charge is 0.262 e. The van der Waals surface area contributed by atoms with Gasteiger partial charge in [0, 0.05) is 4.47 Å². The van der Waals surface area contributed by atoms with Crippen molar-refractivity contribution in [2.75, 3.05) is 10.5 Å². The predicted molar refractivity (Wildman–Crippen MR) is 90.0 cm³/mol. The number of hydrogen-bond acceptors (Lipinski definition) is 3. The van der Waals surface area contributed by atoms with E-state index in [4.69, 9.17) is 5.73 Å². The highest BCUT2D eigenvalue weighted by Gasteiger charge is 2.19. The highest BCUT2D eigenvalue weighted by atomic mass is 79.9. The van der Waals surface area contributed by atoms with Crippen LogP contribution in [-0.2, 0) is 10.0 Å². The van der Waals surface area contributed by atoms with Gasteiger partial charge in [-0.15, -0.1) is 0 Å². The van der Waals surface area contributed by atoms with E-state index in [1.54, 1.807) is 25.1 Å². The van der Waals surface area contributed by atoms with Crippen molar-refractivity contribution in [3.63, 3.8) is 0 Å². The molecule has 0 unspecified atom stereocenters. The van der Waals surface area contributed by atoms with Crippen molar-refractivity contribution in [2.45, 2.75) is 25.7 Å². The van der Waals surface area contributed by atoms with Crippen molar-refractivity contribution in [2.24, 2.45) is 0 Å². The van der Waals surface area contributed by atoms with Crippen molar-refractivity contribution in [3.05, 3.63) is 51.5 Å². The summed E-state index contributed by atoms with van der Waals surface area (Å²) in [7, 11) is -3.68. The third-order valence-corrected chi connectivity index (χ3v) is 5.25. The molecule has 0 heterocycles. The van der Waals surface area contributed by atoms with Crippen LogP contribution in [0.4, 0.5) is 11.4 Å². The number of nitrogen functional groups attached to an aromatic ring is 1. The standard InChI is InChI=1S/C15H17BrN2O2S/c1-9-4-5-11(3)14(8-9)21(19,20)18-15-12(16)6-10(2)7-13(15)17/h4-8,18H,17H2,1-3H3. The Kier molecular flexibility index (Phi) is 4.30. The summed E-state index contributed by atoms with van der Waals surface area (Å²) in [5.41, 5.74) is 9.19. The average Bonchev–Trinajstić information content (AvgIpc) is 2.36. The second-order valence-corrected chi connectivity index (χ2v) is 7.59. The summed E-state index contributed by atoms with van der Waals surface area (Å²) in [6, 6.07) is 8.86. The summed E-state index contributed by atoms with van der Waals surface area (Å²) in [5.74, 6) is 0. The molecule has 0 aliphatic heterocycles. The molecular weight excluding hydrogens is 352 g/mol. The fourth-order valence-electron chi connectivity index (χ4n) is 2.06. The Labute approximate surface area is 133 Å². The van der Waals surface area contributed by atoms with Gasteiger partial charge < -0.3 is 5.73 Å². The lowest BCUT2D eigenvalue weighted by Gasteiger charge is -2.14. The van der Waals surface area contributed by atoms with Crippen LogP contribution in [0.5, 0.6) is 0 Å². The number of aryl methyl sites for hydroxylation is 3. The van der Waals surface area contributed by atoms with E-state index in [-0.39, 0.29) is 4.90 Å². The Hall–Kier alpha value is -1.53. The van der Waals surface area contributed by atoms with Crippen LogP contribution in [0.1, 0.15) is 16.7 Å². The van der Waals surface area contributed by atoms with Gasteiger partial charge in [-0.25, -0.2) is 8.42 Å². The van der Waals surface area contributed by atoms with Crippen LogP contribution in [0.3, 0.4) is 0 Å². The molecule has 0 spiro atoms. The first-order valence-corrected chi connectivity index (χ1v) is 8.64. The molecule has 21 heavy (non-hydrogen) atoms. The van der Waals surface area contributed by atoms with Crippen LogP contribution >= 0.6 is 15.9 Å².